The van der Waals surface area contributed by atoms with Crippen LogP contribution in [0.5, 0.6) is 0 Å². The van der Waals surface area contributed by atoms with Crippen molar-refractivity contribution in [2.75, 3.05) is 7.05 Å². The first-order valence-corrected chi connectivity index (χ1v) is 4.87. The third-order valence-electron chi connectivity index (χ3n) is 1.45. The lowest BCUT2D eigenvalue weighted by atomic mass is 10.1. The number of amidine groups is 1. The molecule has 0 aliphatic carbocycles. The van der Waals surface area contributed by atoms with Crippen LogP contribution in [0.25, 0.3) is 0 Å². The number of rotatable bonds is 2. The van der Waals surface area contributed by atoms with Crippen molar-refractivity contribution in [1.82, 2.24) is 5.32 Å². The minimum atomic E-state index is -0.159. The minimum Gasteiger partial charge on any atom is -0.341 e. The van der Waals surface area contributed by atoms with E-state index in [1.165, 1.54) is 0 Å². The summed E-state index contributed by atoms with van der Waals surface area (Å²) in [6.07, 6.45) is 0.881. The maximum Gasteiger partial charge on any atom is 0.315 e. The molecule has 0 bridgehead atoms. The fourth-order valence-corrected chi connectivity index (χ4v) is 0.612. The number of hydrogen-bond acceptors (Lipinski definition) is 3. The molecule has 0 fully saturated rings. The number of nitrogens with one attached hydrogen (secondary N) is 1. The first-order valence-electron chi connectivity index (χ1n) is 4.87. The summed E-state index contributed by atoms with van der Waals surface area (Å²) in [6, 6.07) is 0.449. The second kappa shape index (κ2) is 5.62. The van der Waals surface area contributed by atoms with Crippen LogP contribution in [0.1, 0.15) is 41.0 Å². The predicted octanol–water partition coefficient (Wildman–Crippen LogP) is 2.16. The normalized spacial score (nSPS) is 14.1. The Labute approximate surface area is 86.4 Å². The van der Waals surface area contributed by atoms with Gasteiger partial charge in [0.2, 0.25) is 0 Å². The van der Waals surface area contributed by atoms with E-state index in [0.717, 1.165) is 12.1 Å². The van der Waals surface area contributed by atoms with Crippen molar-refractivity contribution in [1.29, 1.82) is 0 Å². The topological polar surface area (TPSA) is 46.0 Å². The Morgan fingerprint density at radius 2 is 1.93 bits per heavy atom. The number of nitrogens with zero attached hydrogens (tertiary/aromatic N) is 2. The van der Waals surface area contributed by atoms with Crippen molar-refractivity contribution in [3.05, 3.63) is 0 Å². The lowest BCUT2D eigenvalue weighted by Gasteiger charge is -2.13. The van der Waals surface area contributed by atoms with Crippen LogP contribution in [0.2, 0.25) is 0 Å². The molecule has 4 nitrogen and oxygen atoms in total. The van der Waals surface area contributed by atoms with E-state index in [-0.39, 0.29) is 5.54 Å². The molecule has 0 aromatic heterocycles. The van der Waals surface area contributed by atoms with Gasteiger partial charge in [0.1, 0.15) is 0 Å². The summed E-state index contributed by atoms with van der Waals surface area (Å²) in [5, 5.41) is 6.78. The Kier molecular flexibility index (Phi) is 5.20. The Bertz CT molecular complexity index is 226. The van der Waals surface area contributed by atoms with E-state index in [1.54, 1.807) is 7.05 Å². The van der Waals surface area contributed by atoms with Crippen LogP contribution in [0.3, 0.4) is 0 Å². The van der Waals surface area contributed by atoms with Gasteiger partial charge in [-0.2, -0.15) is 0 Å². The molecule has 0 heterocycles. The van der Waals surface area contributed by atoms with Crippen molar-refractivity contribution >= 4 is 11.7 Å². The van der Waals surface area contributed by atoms with Crippen LogP contribution < -0.4 is 5.32 Å². The van der Waals surface area contributed by atoms with Crippen LogP contribution in [-0.2, 0) is 4.84 Å². The molecule has 4 heteroatoms. The van der Waals surface area contributed by atoms with Gasteiger partial charge >= 0.3 is 6.02 Å². The van der Waals surface area contributed by atoms with Crippen molar-refractivity contribution in [3.63, 3.8) is 0 Å². The molecule has 0 amide bonds. The average molecular weight is 199 g/mol. The fraction of sp³-hybridized carbons (Fsp3) is 0.800. The summed E-state index contributed by atoms with van der Waals surface area (Å²) in [5.41, 5.74) is 0.787. The molecule has 0 aliphatic heterocycles. The minimum absolute atomic E-state index is 0.159. The van der Waals surface area contributed by atoms with Crippen LogP contribution in [-0.4, -0.2) is 24.3 Å². The molecule has 0 rings (SSSR count). The highest BCUT2D eigenvalue weighted by molar-refractivity contribution is 5.82. The molecule has 0 aliphatic rings. The van der Waals surface area contributed by atoms with E-state index in [0.29, 0.717) is 6.02 Å². The van der Waals surface area contributed by atoms with Crippen LogP contribution in [0.15, 0.2) is 10.1 Å². The van der Waals surface area contributed by atoms with E-state index in [2.05, 4.69) is 15.5 Å². The first kappa shape index (κ1) is 12.9. The van der Waals surface area contributed by atoms with Gasteiger partial charge in [-0.3, -0.25) is 0 Å². The van der Waals surface area contributed by atoms with Gasteiger partial charge in [-0.1, -0.05) is 12.1 Å². The molecular formula is C10H21N3O. The lowest BCUT2D eigenvalue weighted by molar-refractivity contribution is 0.305. The highest BCUT2D eigenvalue weighted by atomic mass is 16.6. The Morgan fingerprint density at radius 3 is 2.29 bits per heavy atom. The molecule has 0 atom stereocenters. The van der Waals surface area contributed by atoms with Crippen molar-refractivity contribution < 1.29 is 4.84 Å². The molecule has 0 aromatic rings. The zero-order valence-corrected chi connectivity index (χ0v) is 10.0. The highest BCUT2D eigenvalue weighted by Gasteiger charge is 2.10. The maximum absolute atomic E-state index is 5.15. The third-order valence-corrected chi connectivity index (χ3v) is 1.45. The van der Waals surface area contributed by atoms with Gasteiger partial charge in [0.15, 0.2) is 0 Å². The Morgan fingerprint density at radius 1 is 1.36 bits per heavy atom. The van der Waals surface area contributed by atoms with Crippen LogP contribution >= 0.6 is 0 Å². The lowest BCUT2D eigenvalue weighted by Crippen LogP contribution is -2.25. The molecule has 0 unspecified atom stereocenters. The smallest absolute Gasteiger partial charge is 0.315 e. The molecule has 82 valence electrons. The summed E-state index contributed by atoms with van der Waals surface area (Å²) in [4.78, 5) is 9.46. The van der Waals surface area contributed by atoms with Gasteiger partial charge in [0, 0.05) is 7.05 Å². The van der Waals surface area contributed by atoms with Crippen LogP contribution in [0.4, 0.5) is 0 Å². The molecule has 0 saturated carbocycles. The quantitative estimate of drug-likeness (QED) is 0.421. The number of aliphatic imine (C=N–C) groups is 1. The van der Waals surface area contributed by atoms with E-state index in [4.69, 9.17) is 4.84 Å². The Balaban J connectivity index is 4.38. The summed E-state index contributed by atoms with van der Waals surface area (Å²) in [6.45, 7) is 9.96. The van der Waals surface area contributed by atoms with Gasteiger partial charge in [0.05, 0.1) is 11.3 Å². The summed E-state index contributed by atoms with van der Waals surface area (Å²) >= 11 is 0. The number of hydrogen-bond donors (Lipinski definition) is 1. The third kappa shape index (κ3) is 6.46. The second-order valence-electron chi connectivity index (χ2n) is 4.11. The van der Waals surface area contributed by atoms with Crippen molar-refractivity contribution in [3.8, 4) is 0 Å². The van der Waals surface area contributed by atoms with Crippen molar-refractivity contribution in [2.45, 2.75) is 46.6 Å². The van der Waals surface area contributed by atoms with Gasteiger partial charge in [-0.15, -0.1) is 0 Å². The second-order valence-corrected chi connectivity index (χ2v) is 4.11. The molecule has 1 N–H and O–H groups in total. The highest BCUT2D eigenvalue weighted by Crippen LogP contribution is 2.06. The summed E-state index contributed by atoms with van der Waals surface area (Å²) in [5.74, 6) is 0. The molecule has 0 radical (unpaired) electrons. The fourth-order valence-electron chi connectivity index (χ4n) is 0.612. The monoisotopic (exact) mass is 199 g/mol. The van der Waals surface area contributed by atoms with Crippen LogP contribution in [0, 0.1) is 0 Å². The largest absolute Gasteiger partial charge is 0.341 e. The van der Waals surface area contributed by atoms with E-state index in [9.17, 15) is 0 Å². The zero-order chi connectivity index (χ0) is 11.2. The molecule has 0 aromatic carbocycles. The summed E-state index contributed by atoms with van der Waals surface area (Å²) in [7, 11) is 1.77. The average Bonchev–Trinajstić information content (AvgIpc) is 2.09. The zero-order valence-electron chi connectivity index (χ0n) is 10.0. The predicted molar refractivity (Wildman–Crippen MR) is 60.7 cm³/mol. The van der Waals surface area contributed by atoms with Gasteiger partial charge < -0.3 is 10.2 Å². The van der Waals surface area contributed by atoms with Gasteiger partial charge in [-0.05, 0) is 34.1 Å². The standard InChI is InChI=1S/C10H21N3O/c1-7-8(2)13-14-9(11-6)12-10(3,4)5/h7H2,1-6H3,(H,11,12)/b13-8-. The number of oxime groups is 1. The SMILES string of the molecule is CC/C(C)=N\OC(=NC(C)(C)C)NC. The molecule has 14 heavy (non-hydrogen) atoms. The van der Waals surface area contributed by atoms with Gasteiger partial charge in [0.25, 0.3) is 0 Å². The van der Waals surface area contributed by atoms with E-state index in [1.807, 2.05) is 34.6 Å². The summed E-state index contributed by atoms with van der Waals surface area (Å²) < 4.78 is 0. The van der Waals surface area contributed by atoms with Crippen molar-refractivity contribution in [2.24, 2.45) is 10.1 Å². The van der Waals surface area contributed by atoms with E-state index < -0.39 is 0 Å². The molecule has 0 saturated heterocycles. The maximum atomic E-state index is 5.15. The van der Waals surface area contributed by atoms with Gasteiger partial charge in [-0.25, -0.2) is 4.99 Å². The Hall–Kier alpha value is -1.06. The molecular weight excluding hydrogens is 178 g/mol. The molecule has 0 spiro atoms. The first-order chi connectivity index (χ1) is 6.39. The van der Waals surface area contributed by atoms with E-state index >= 15 is 0 Å².